The van der Waals surface area contributed by atoms with Crippen LogP contribution in [-0.4, -0.2) is 5.92 Å². The number of halogens is 3. The third-order valence-corrected chi connectivity index (χ3v) is 3.49. The quantitative estimate of drug-likeness (QED) is 0.756. The van der Waals surface area contributed by atoms with E-state index in [2.05, 4.69) is 0 Å². The molecule has 0 aromatic carbocycles. The van der Waals surface area contributed by atoms with Crippen LogP contribution in [0.3, 0.4) is 0 Å². The van der Waals surface area contributed by atoms with Crippen molar-refractivity contribution < 1.29 is 8.78 Å². The topological polar surface area (TPSA) is 26.0 Å². The predicted molar refractivity (Wildman–Crippen MR) is 44.8 cm³/mol. The fourth-order valence-corrected chi connectivity index (χ4v) is 2.36. The van der Waals surface area contributed by atoms with E-state index in [4.69, 9.17) is 17.3 Å². The summed E-state index contributed by atoms with van der Waals surface area (Å²) in [6.45, 7) is 0. The second-order valence-corrected chi connectivity index (χ2v) is 4.33. The van der Waals surface area contributed by atoms with Crippen molar-refractivity contribution in [3.63, 3.8) is 0 Å². The Kier molecular flexibility index (Phi) is 1.53. The molecule has 1 unspecified atom stereocenters. The van der Waals surface area contributed by atoms with Gasteiger partial charge in [0.05, 0.1) is 5.02 Å². The van der Waals surface area contributed by atoms with Crippen LogP contribution >= 0.6 is 22.9 Å². The van der Waals surface area contributed by atoms with Crippen LogP contribution in [0.25, 0.3) is 0 Å². The minimum Gasteiger partial charge on any atom is -0.316 e. The first-order valence-electron chi connectivity index (χ1n) is 3.37. The van der Waals surface area contributed by atoms with E-state index in [1.54, 1.807) is 5.38 Å². The minimum atomic E-state index is -2.75. The molecule has 0 bridgehead atoms. The van der Waals surface area contributed by atoms with Gasteiger partial charge in [-0.1, -0.05) is 11.6 Å². The Bertz CT molecular complexity index is 325. The lowest BCUT2D eigenvalue weighted by atomic mass is 10.2. The fourth-order valence-electron chi connectivity index (χ4n) is 1.12. The highest BCUT2D eigenvalue weighted by atomic mass is 35.5. The van der Waals surface area contributed by atoms with Gasteiger partial charge in [-0.05, 0) is 6.07 Å². The van der Waals surface area contributed by atoms with E-state index >= 15 is 0 Å². The average molecular weight is 210 g/mol. The van der Waals surface area contributed by atoms with Crippen LogP contribution in [0.15, 0.2) is 11.4 Å². The van der Waals surface area contributed by atoms with Gasteiger partial charge in [-0.25, -0.2) is 8.78 Å². The highest BCUT2D eigenvalue weighted by Crippen LogP contribution is 2.58. The molecule has 1 saturated carbocycles. The van der Waals surface area contributed by atoms with Gasteiger partial charge in [0.2, 0.25) is 0 Å². The Hall–Kier alpha value is -0.190. The van der Waals surface area contributed by atoms with Gasteiger partial charge in [0.15, 0.2) is 0 Å². The maximum Gasteiger partial charge on any atom is 0.273 e. The molecule has 2 rings (SSSR count). The average Bonchev–Trinajstić information content (AvgIpc) is 2.37. The van der Waals surface area contributed by atoms with Gasteiger partial charge in [0, 0.05) is 16.7 Å². The number of nitrogens with two attached hydrogens (primary N) is 1. The van der Waals surface area contributed by atoms with Crippen LogP contribution in [0.5, 0.6) is 0 Å². The summed E-state index contributed by atoms with van der Waals surface area (Å²) in [6, 6.07) is 1.51. The van der Waals surface area contributed by atoms with E-state index in [0.717, 1.165) is 0 Å². The van der Waals surface area contributed by atoms with E-state index < -0.39 is 11.5 Å². The molecule has 1 aliphatic rings. The number of alkyl halides is 2. The third kappa shape index (κ3) is 0.985. The summed E-state index contributed by atoms with van der Waals surface area (Å²) in [5, 5.41) is 2.09. The van der Waals surface area contributed by atoms with Crippen LogP contribution in [0.1, 0.15) is 11.3 Å². The van der Waals surface area contributed by atoms with Crippen LogP contribution in [-0.2, 0) is 5.54 Å². The first kappa shape index (κ1) is 8.41. The molecule has 1 nitrogen and oxygen atoms in total. The highest BCUT2D eigenvalue weighted by Gasteiger charge is 2.70. The van der Waals surface area contributed by atoms with Crippen LogP contribution in [0.2, 0.25) is 5.02 Å². The molecule has 12 heavy (non-hydrogen) atoms. The third-order valence-electron chi connectivity index (χ3n) is 2.04. The minimum absolute atomic E-state index is 0.267. The highest BCUT2D eigenvalue weighted by molar-refractivity contribution is 7.10. The molecule has 2 N–H and O–H groups in total. The molecule has 66 valence electrons. The van der Waals surface area contributed by atoms with Gasteiger partial charge in [0.25, 0.3) is 5.92 Å². The Balaban J connectivity index is 2.34. The van der Waals surface area contributed by atoms with Crippen LogP contribution in [0.4, 0.5) is 8.78 Å². The molecule has 0 aliphatic heterocycles. The summed E-state index contributed by atoms with van der Waals surface area (Å²) in [6.07, 6.45) is -0.267. The Morgan fingerprint density at radius 1 is 1.58 bits per heavy atom. The first-order valence-corrected chi connectivity index (χ1v) is 4.63. The molecule has 1 aromatic rings. The largest absolute Gasteiger partial charge is 0.316 e. The summed E-state index contributed by atoms with van der Waals surface area (Å²) < 4.78 is 25.4. The van der Waals surface area contributed by atoms with Crippen molar-refractivity contribution in [1.29, 1.82) is 0 Å². The molecule has 1 heterocycles. The second kappa shape index (κ2) is 2.19. The first-order chi connectivity index (χ1) is 5.46. The summed E-state index contributed by atoms with van der Waals surface area (Å²) in [4.78, 5) is 0.470. The van der Waals surface area contributed by atoms with Crippen molar-refractivity contribution in [3.05, 3.63) is 21.3 Å². The van der Waals surface area contributed by atoms with Gasteiger partial charge in [-0.2, -0.15) is 0 Å². The van der Waals surface area contributed by atoms with Crippen LogP contribution in [0, 0.1) is 0 Å². The zero-order chi connectivity index (χ0) is 8.98. The molecule has 0 saturated heterocycles. The molecule has 1 aromatic heterocycles. The lowest BCUT2D eigenvalue weighted by Crippen LogP contribution is -2.25. The van der Waals surface area contributed by atoms with Gasteiger partial charge < -0.3 is 5.73 Å². The van der Waals surface area contributed by atoms with Gasteiger partial charge >= 0.3 is 0 Å². The molecule has 5 heteroatoms. The standard InChI is InChI=1S/C7H6ClF2NS/c8-4-1-5(12-2-4)6(11)3-7(6,9)10/h1-2H,3,11H2. The lowest BCUT2D eigenvalue weighted by molar-refractivity contribution is 0.0899. The summed E-state index contributed by atoms with van der Waals surface area (Å²) in [5.41, 5.74) is 4.02. The summed E-state index contributed by atoms with van der Waals surface area (Å²) in [7, 11) is 0. The summed E-state index contributed by atoms with van der Waals surface area (Å²) in [5.74, 6) is -2.75. The SMILES string of the molecule is NC1(c2cc(Cl)cs2)CC1(F)F. The van der Waals surface area contributed by atoms with E-state index in [9.17, 15) is 8.78 Å². The zero-order valence-electron chi connectivity index (χ0n) is 5.98. The molecular formula is C7H6ClF2NS. The summed E-state index contributed by atoms with van der Waals surface area (Å²) >= 11 is 6.78. The van der Waals surface area contributed by atoms with E-state index in [1.807, 2.05) is 0 Å². The van der Waals surface area contributed by atoms with E-state index in [0.29, 0.717) is 9.90 Å². The smallest absolute Gasteiger partial charge is 0.273 e. The van der Waals surface area contributed by atoms with Gasteiger partial charge in [0.1, 0.15) is 5.54 Å². The fraction of sp³-hybridized carbons (Fsp3) is 0.429. The Labute approximate surface area is 77.1 Å². The molecule has 1 aliphatic carbocycles. The van der Waals surface area contributed by atoms with Crippen molar-refractivity contribution in [2.24, 2.45) is 5.73 Å². The van der Waals surface area contributed by atoms with Crippen molar-refractivity contribution in [3.8, 4) is 0 Å². The zero-order valence-corrected chi connectivity index (χ0v) is 7.55. The number of rotatable bonds is 1. The number of hydrogen-bond acceptors (Lipinski definition) is 2. The van der Waals surface area contributed by atoms with Crippen molar-refractivity contribution >= 4 is 22.9 Å². The molecule has 1 fully saturated rings. The maximum atomic E-state index is 12.7. The van der Waals surface area contributed by atoms with Gasteiger partial charge in [-0.15, -0.1) is 11.3 Å². The van der Waals surface area contributed by atoms with Crippen molar-refractivity contribution in [1.82, 2.24) is 0 Å². The van der Waals surface area contributed by atoms with E-state index in [1.165, 1.54) is 17.4 Å². The monoisotopic (exact) mass is 209 g/mol. The second-order valence-electron chi connectivity index (χ2n) is 2.98. The van der Waals surface area contributed by atoms with E-state index in [-0.39, 0.29) is 6.42 Å². The van der Waals surface area contributed by atoms with Crippen LogP contribution < -0.4 is 5.73 Å². The Morgan fingerprint density at radius 2 is 2.17 bits per heavy atom. The maximum absolute atomic E-state index is 12.7. The van der Waals surface area contributed by atoms with Crippen molar-refractivity contribution in [2.75, 3.05) is 0 Å². The molecule has 0 spiro atoms. The van der Waals surface area contributed by atoms with Crippen molar-refractivity contribution in [2.45, 2.75) is 17.9 Å². The number of thiophene rings is 1. The molecule has 1 atom stereocenters. The molecule has 0 radical (unpaired) electrons. The van der Waals surface area contributed by atoms with Gasteiger partial charge in [-0.3, -0.25) is 0 Å². The molecular weight excluding hydrogens is 204 g/mol. The lowest BCUT2D eigenvalue weighted by Gasteiger charge is -2.05. The normalized spacial score (nSPS) is 32.0. The Morgan fingerprint density at radius 3 is 2.50 bits per heavy atom. The molecule has 0 amide bonds. The number of hydrogen-bond donors (Lipinski definition) is 1. The predicted octanol–water partition coefficient (Wildman–Crippen LogP) is 2.59.